The van der Waals surface area contributed by atoms with Crippen LogP contribution in [0.4, 0.5) is 0 Å². The molecule has 0 aromatic carbocycles. The SMILES string of the molecule is O=C(NCc1ccco1)c1nc(Cn2cc(Cl)cn2)no1. The average Bonchev–Trinajstić information content (AvgIpc) is 3.19. The minimum Gasteiger partial charge on any atom is -0.467 e. The van der Waals surface area contributed by atoms with Crippen molar-refractivity contribution in [2.24, 2.45) is 0 Å². The molecule has 0 radical (unpaired) electrons. The molecule has 0 aliphatic heterocycles. The lowest BCUT2D eigenvalue weighted by Crippen LogP contribution is -2.22. The van der Waals surface area contributed by atoms with Crippen LogP contribution < -0.4 is 5.32 Å². The van der Waals surface area contributed by atoms with Gasteiger partial charge in [0, 0.05) is 6.20 Å². The monoisotopic (exact) mass is 307 g/mol. The Morgan fingerprint density at radius 3 is 3.10 bits per heavy atom. The fourth-order valence-electron chi connectivity index (χ4n) is 1.64. The number of hydrogen-bond donors (Lipinski definition) is 1. The van der Waals surface area contributed by atoms with Gasteiger partial charge in [-0.1, -0.05) is 16.8 Å². The predicted octanol–water partition coefficient (Wildman–Crippen LogP) is 1.49. The number of furan rings is 1. The lowest BCUT2D eigenvalue weighted by atomic mass is 10.4. The van der Waals surface area contributed by atoms with Gasteiger partial charge in [-0.3, -0.25) is 9.48 Å². The lowest BCUT2D eigenvalue weighted by Gasteiger charge is -1.97. The van der Waals surface area contributed by atoms with E-state index in [0.717, 1.165) is 0 Å². The van der Waals surface area contributed by atoms with Gasteiger partial charge >= 0.3 is 11.8 Å². The van der Waals surface area contributed by atoms with Gasteiger partial charge in [0.25, 0.3) is 0 Å². The van der Waals surface area contributed by atoms with E-state index in [4.69, 9.17) is 20.5 Å². The highest BCUT2D eigenvalue weighted by Gasteiger charge is 2.15. The van der Waals surface area contributed by atoms with Crippen LogP contribution in [-0.4, -0.2) is 25.8 Å². The third-order valence-electron chi connectivity index (χ3n) is 2.57. The van der Waals surface area contributed by atoms with E-state index in [-0.39, 0.29) is 19.0 Å². The lowest BCUT2D eigenvalue weighted by molar-refractivity contribution is 0.0904. The van der Waals surface area contributed by atoms with Crippen LogP contribution in [0.15, 0.2) is 39.7 Å². The molecule has 0 aliphatic rings. The van der Waals surface area contributed by atoms with Gasteiger partial charge in [-0.15, -0.1) is 0 Å². The molecule has 0 unspecified atom stereocenters. The Labute approximate surface area is 123 Å². The zero-order valence-electron chi connectivity index (χ0n) is 10.7. The summed E-state index contributed by atoms with van der Waals surface area (Å²) in [5, 5.41) is 10.8. The van der Waals surface area contributed by atoms with Crippen LogP contribution in [0.1, 0.15) is 22.3 Å². The summed E-state index contributed by atoms with van der Waals surface area (Å²) in [6.45, 7) is 0.514. The Hall–Kier alpha value is -2.61. The Kier molecular flexibility index (Phi) is 3.69. The molecule has 3 aromatic rings. The van der Waals surface area contributed by atoms with Gasteiger partial charge in [0.15, 0.2) is 5.82 Å². The second-order valence-corrected chi connectivity index (χ2v) is 4.57. The van der Waals surface area contributed by atoms with Crippen LogP contribution in [0, 0.1) is 0 Å². The highest BCUT2D eigenvalue weighted by Crippen LogP contribution is 2.07. The van der Waals surface area contributed by atoms with Crippen LogP contribution in [0.3, 0.4) is 0 Å². The second kappa shape index (κ2) is 5.80. The maximum absolute atomic E-state index is 11.8. The van der Waals surface area contributed by atoms with Crippen LogP contribution in [-0.2, 0) is 13.1 Å². The Balaban J connectivity index is 1.60. The van der Waals surface area contributed by atoms with Crippen molar-refractivity contribution in [2.45, 2.75) is 13.1 Å². The number of nitrogens with zero attached hydrogens (tertiary/aromatic N) is 4. The Morgan fingerprint density at radius 1 is 1.48 bits per heavy atom. The van der Waals surface area contributed by atoms with Gasteiger partial charge in [-0.25, -0.2) is 0 Å². The number of rotatable bonds is 5. The maximum Gasteiger partial charge on any atom is 0.316 e. The zero-order chi connectivity index (χ0) is 14.7. The molecule has 3 aromatic heterocycles. The highest BCUT2D eigenvalue weighted by atomic mass is 35.5. The van der Waals surface area contributed by atoms with E-state index in [0.29, 0.717) is 16.6 Å². The number of aromatic nitrogens is 4. The van der Waals surface area contributed by atoms with E-state index >= 15 is 0 Å². The fraction of sp³-hybridized carbons (Fsp3) is 0.167. The van der Waals surface area contributed by atoms with E-state index in [9.17, 15) is 4.79 Å². The number of halogens is 1. The van der Waals surface area contributed by atoms with Crippen LogP contribution in [0.25, 0.3) is 0 Å². The Bertz CT molecular complexity index is 734. The van der Waals surface area contributed by atoms with Gasteiger partial charge in [-0.2, -0.15) is 10.1 Å². The van der Waals surface area contributed by atoms with Crippen molar-refractivity contribution < 1.29 is 13.7 Å². The molecule has 0 aliphatic carbocycles. The first-order valence-corrected chi connectivity index (χ1v) is 6.39. The number of amides is 1. The first-order valence-electron chi connectivity index (χ1n) is 6.02. The number of carbonyl (C=O) groups excluding carboxylic acids is 1. The molecular formula is C12H10ClN5O3. The summed E-state index contributed by atoms with van der Waals surface area (Å²) in [6, 6.07) is 3.49. The molecule has 0 spiro atoms. The maximum atomic E-state index is 11.8. The van der Waals surface area contributed by atoms with E-state index in [2.05, 4.69) is 20.6 Å². The van der Waals surface area contributed by atoms with Crippen molar-refractivity contribution in [3.05, 3.63) is 53.3 Å². The first kappa shape index (κ1) is 13.4. The molecule has 0 bridgehead atoms. The summed E-state index contributed by atoms with van der Waals surface area (Å²) in [6.07, 6.45) is 4.65. The van der Waals surface area contributed by atoms with Crippen molar-refractivity contribution in [1.29, 1.82) is 0 Å². The molecule has 0 atom stereocenters. The summed E-state index contributed by atoms with van der Waals surface area (Å²) >= 11 is 5.75. The molecule has 1 N–H and O–H groups in total. The summed E-state index contributed by atoms with van der Waals surface area (Å²) in [7, 11) is 0. The quantitative estimate of drug-likeness (QED) is 0.766. The molecule has 0 fully saturated rings. The summed E-state index contributed by atoms with van der Waals surface area (Å²) < 4.78 is 11.5. The first-order chi connectivity index (χ1) is 10.2. The third kappa shape index (κ3) is 3.29. The highest BCUT2D eigenvalue weighted by molar-refractivity contribution is 6.30. The van der Waals surface area contributed by atoms with Gasteiger partial charge in [0.2, 0.25) is 0 Å². The smallest absolute Gasteiger partial charge is 0.316 e. The second-order valence-electron chi connectivity index (χ2n) is 4.13. The molecule has 3 rings (SSSR count). The fourth-order valence-corrected chi connectivity index (χ4v) is 1.79. The number of hydrogen-bond acceptors (Lipinski definition) is 6. The molecular weight excluding hydrogens is 298 g/mol. The molecule has 21 heavy (non-hydrogen) atoms. The number of nitrogens with one attached hydrogen (secondary N) is 1. The van der Waals surface area contributed by atoms with E-state index in [1.54, 1.807) is 18.3 Å². The summed E-state index contributed by atoms with van der Waals surface area (Å²) in [5.74, 6) is 0.380. The molecule has 3 heterocycles. The van der Waals surface area contributed by atoms with Crippen LogP contribution in [0.2, 0.25) is 5.02 Å². The largest absolute Gasteiger partial charge is 0.467 e. The zero-order valence-corrected chi connectivity index (χ0v) is 11.4. The summed E-state index contributed by atoms with van der Waals surface area (Å²) in [4.78, 5) is 15.8. The summed E-state index contributed by atoms with van der Waals surface area (Å²) in [5.41, 5.74) is 0. The molecule has 9 heteroatoms. The van der Waals surface area contributed by atoms with E-state index < -0.39 is 5.91 Å². The minimum atomic E-state index is -0.469. The van der Waals surface area contributed by atoms with Gasteiger partial charge < -0.3 is 14.3 Å². The molecule has 0 saturated carbocycles. The number of carbonyl (C=O) groups is 1. The third-order valence-corrected chi connectivity index (χ3v) is 2.77. The van der Waals surface area contributed by atoms with Crippen LogP contribution >= 0.6 is 11.6 Å². The van der Waals surface area contributed by atoms with Crippen molar-refractivity contribution in [3.8, 4) is 0 Å². The van der Waals surface area contributed by atoms with E-state index in [1.165, 1.54) is 17.1 Å². The van der Waals surface area contributed by atoms with Gasteiger partial charge in [-0.05, 0) is 12.1 Å². The standard InChI is InChI=1S/C12H10ClN5O3/c13-8-4-15-18(6-8)7-10-16-12(21-17-10)11(19)14-5-9-2-1-3-20-9/h1-4,6H,5,7H2,(H,14,19). The van der Waals surface area contributed by atoms with E-state index in [1.807, 2.05) is 0 Å². The van der Waals surface area contributed by atoms with Crippen molar-refractivity contribution in [1.82, 2.24) is 25.2 Å². The molecule has 0 saturated heterocycles. The normalized spacial score (nSPS) is 10.7. The van der Waals surface area contributed by atoms with Gasteiger partial charge in [0.05, 0.1) is 24.0 Å². The van der Waals surface area contributed by atoms with Crippen molar-refractivity contribution >= 4 is 17.5 Å². The Morgan fingerprint density at radius 2 is 2.38 bits per heavy atom. The predicted molar refractivity (Wildman–Crippen MR) is 70.5 cm³/mol. The average molecular weight is 308 g/mol. The molecule has 1 amide bonds. The van der Waals surface area contributed by atoms with Gasteiger partial charge in [0.1, 0.15) is 12.3 Å². The molecule has 8 nitrogen and oxygen atoms in total. The topological polar surface area (TPSA) is 99.0 Å². The minimum absolute atomic E-state index is 0.116. The van der Waals surface area contributed by atoms with Crippen molar-refractivity contribution in [2.75, 3.05) is 0 Å². The van der Waals surface area contributed by atoms with Crippen molar-refractivity contribution in [3.63, 3.8) is 0 Å². The molecule has 108 valence electrons. The van der Waals surface area contributed by atoms with Crippen LogP contribution in [0.5, 0.6) is 0 Å².